The number of thioether (sulfide) groups is 1. The Morgan fingerprint density at radius 3 is 2.57 bits per heavy atom. The summed E-state index contributed by atoms with van der Waals surface area (Å²) in [5, 5.41) is 7.06. The van der Waals surface area contributed by atoms with Crippen LogP contribution in [0.15, 0.2) is 64.3 Å². The van der Waals surface area contributed by atoms with Crippen molar-refractivity contribution in [3.8, 4) is 0 Å². The van der Waals surface area contributed by atoms with Crippen molar-refractivity contribution < 1.29 is 18.8 Å². The van der Waals surface area contributed by atoms with Crippen LogP contribution in [0.25, 0.3) is 0 Å². The van der Waals surface area contributed by atoms with Crippen LogP contribution in [0.3, 0.4) is 0 Å². The van der Waals surface area contributed by atoms with Crippen molar-refractivity contribution in [3.63, 3.8) is 0 Å². The van der Waals surface area contributed by atoms with Gasteiger partial charge in [-0.3, -0.25) is 4.79 Å². The summed E-state index contributed by atoms with van der Waals surface area (Å²) in [7, 11) is 0. The minimum Gasteiger partial charge on any atom is -0.462 e. The molecule has 8 heteroatoms. The van der Waals surface area contributed by atoms with E-state index in [-0.39, 0.29) is 17.6 Å². The fraction of sp³-hybridized carbons (Fsp3) is 0.200. The van der Waals surface area contributed by atoms with Gasteiger partial charge in [0.15, 0.2) is 0 Å². The third kappa shape index (κ3) is 5.68. The Morgan fingerprint density at radius 1 is 1.11 bits per heavy atom. The molecule has 0 saturated carbocycles. The monoisotopic (exact) mass is 397 g/mol. The van der Waals surface area contributed by atoms with E-state index in [0.717, 1.165) is 5.56 Å². The maximum Gasteiger partial charge on any atom is 0.338 e. The van der Waals surface area contributed by atoms with Crippen LogP contribution in [0.4, 0.5) is 5.69 Å². The lowest BCUT2D eigenvalue weighted by molar-refractivity contribution is -0.113. The van der Waals surface area contributed by atoms with Gasteiger partial charge in [-0.25, -0.2) is 4.79 Å². The van der Waals surface area contributed by atoms with Crippen molar-refractivity contribution in [2.45, 2.75) is 18.5 Å². The number of anilines is 1. The highest BCUT2D eigenvalue weighted by atomic mass is 32.2. The Morgan fingerprint density at radius 2 is 1.86 bits per heavy atom. The summed E-state index contributed by atoms with van der Waals surface area (Å²) < 4.78 is 10.1. The number of rotatable bonds is 8. The zero-order chi connectivity index (χ0) is 19.8. The number of esters is 1. The molecule has 0 bridgehead atoms. The number of benzene rings is 2. The minimum absolute atomic E-state index is 0.143. The van der Waals surface area contributed by atoms with Crippen LogP contribution in [0, 0.1) is 0 Å². The average Bonchev–Trinajstić information content (AvgIpc) is 3.15. The lowest BCUT2D eigenvalue weighted by atomic mass is 10.2. The van der Waals surface area contributed by atoms with Gasteiger partial charge in [0.1, 0.15) is 0 Å². The molecule has 0 aliphatic rings. The highest BCUT2D eigenvalue weighted by Gasteiger charge is 2.11. The van der Waals surface area contributed by atoms with E-state index in [1.165, 1.54) is 11.8 Å². The van der Waals surface area contributed by atoms with Gasteiger partial charge in [0.2, 0.25) is 17.0 Å². The minimum atomic E-state index is -0.389. The first-order valence-electron chi connectivity index (χ1n) is 8.70. The molecule has 1 N–H and O–H groups in total. The standard InChI is InChI=1S/C20H19N3O4S/c1-2-26-19(25)15-8-10-16(11-9-15)21-17(24)13-28-20-22-18(27-23-20)12-14-6-4-3-5-7-14/h3-11H,2,12-13H2,1H3,(H,21,24). The normalized spacial score (nSPS) is 10.5. The summed E-state index contributed by atoms with van der Waals surface area (Å²) >= 11 is 1.19. The van der Waals surface area contributed by atoms with E-state index in [2.05, 4.69) is 15.5 Å². The molecule has 1 aromatic heterocycles. The van der Waals surface area contributed by atoms with Crippen molar-refractivity contribution in [2.75, 3.05) is 17.7 Å². The van der Waals surface area contributed by atoms with Crippen molar-refractivity contribution in [1.82, 2.24) is 10.1 Å². The Kier molecular flexibility index (Phi) is 6.80. The summed E-state index contributed by atoms with van der Waals surface area (Å²) in [6.07, 6.45) is 0.549. The molecule has 2 aromatic carbocycles. The topological polar surface area (TPSA) is 94.3 Å². The number of nitrogens with zero attached hydrogens (tertiary/aromatic N) is 2. The second kappa shape index (κ2) is 9.70. The van der Waals surface area contributed by atoms with Gasteiger partial charge < -0.3 is 14.6 Å². The third-order valence-electron chi connectivity index (χ3n) is 3.66. The van der Waals surface area contributed by atoms with Crippen LogP contribution in [-0.4, -0.2) is 34.4 Å². The molecule has 0 spiro atoms. The number of amides is 1. The summed E-state index contributed by atoms with van der Waals surface area (Å²) in [6.45, 7) is 2.07. The van der Waals surface area contributed by atoms with Crippen LogP contribution < -0.4 is 5.32 Å². The number of nitrogens with one attached hydrogen (secondary N) is 1. The molecule has 3 aromatic rings. The molecule has 28 heavy (non-hydrogen) atoms. The molecule has 1 heterocycles. The smallest absolute Gasteiger partial charge is 0.338 e. The highest BCUT2D eigenvalue weighted by Crippen LogP contribution is 2.17. The van der Waals surface area contributed by atoms with Crippen LogP contribution in [0.2, 0.25) is 0 Å². The number of carbonyl (C=O) groups excluding carboxylic acids is 2. The van der Waals surface area contributed by atoms with Crippen molar-refractivity contribution in [1.29, 1.82) is 0 Å². The van der Waals surface area contributed by atoms with E-state index in [1.54, 1.807) is 31.2 Å². The van der Waals surface area contributed by atoms with Gasteiger partial charge in [0.05, 0.1) is 24.3 Å². The summed E-state index contributed by atoms with van der Waals surface area (Å²) in [4.78, 5) is 28.0. The Bertz CT molecular complexity index is 926. The lowest BCUT2D eigenvalue weighted by Crippen LogP contribution is -2.14. The zero-order valence-electron chi connectivity index (χ0n) is 15.3. The number of ether oxygens (including phenoxy) is 1. The fourth-order valence-electron chi connectivity index (χ4n) is 2.37. The van der Waals surface area contributed by atoms with E-state index in [1.807, 2.05) is 30.3 Å². The fourth-order valence-corrected chi connectivity index (χ4v) is 2.96. The Labute approximate surface area is 166 Å². The molecule has 144 valence electrons. The molecule has 0 unspecified atom stereocenters. The van der Waals surface area contributed by atoms with Crippen molar-refractivity contribution in [2.24, 2.45) is 0 Å². The maximum absolute atomic E-state index is 12.1. The molecular weight excluding hydrogens is 378 g/mol. The van der Waals surface area contributed by atoms with Gasteiger partial charge in [-0.05, 0) is 36.8 Å². The number of hydrogen-bond donors (Lipinski definition) is 1. The van der Waals surface area contributed by atoms with Gasteiger partial charge in [0, 0.05) is 5.69 Å². The molecular formula is C20H19N3O4S. The van der Waals surface area contributed by atoms with E-state index < -0.39 is 0 Å². The Hall–Kier alpha value is -3.13. The first-order valence-corrected chi connectivity index (χ1v) is 9.69. The van der Waals surface area contributed by atoms with Crippen LogP contribution in [-0.2, 0) is 16.0 Å². The van der Waals surface area contributed by atoms with Gasteiger partial charge in [-0.15, -0.1) is 0 Å². The zero-order valence-corrected chi connectivity index (χ0v) is 16.1. The van der Waals surface area contributed by atoms with E-state index in [9.17, 15) is 9.59 Å². The lowest BCUT2D eigenvalue weighted by Gasteiger charge is -2.05. The summed E-state index contributed by atoms with van der Waals surface area (Å²) in [5.74, 6) is 0.0514. The maximum atomic E-state index is 12.1. The van der Waals surface area contributed by atoms with E-state index >= 15 is 0 Å². The van der Waals surface area contributed by atoms with Crippen LogP contribution in [0.1, 0.15) is 28.7 Å². The number of aromatic nitrogens is 2. The average molecular weight is 397 g/mol. The molecule has 7 nitrogen and oxygen atoms in total. The second-order valence-electron chi connectivity index (χ2n) is 5.77. The summed E-state index contributed by atoms with van der Waals surface area (Å²) in [5.41, 5.74) is 2.11. The van der Waals surface area contributed by atoms with E-state index in [4.69, 9.17) is 9.26 Å². The Balaban J connectivity index is 1.47. The van der Waals surface area contributed by atoms with Gasteiger partial charge >= 0.3 is 5.97 Å². The molecule has 0 saturated heterocycles. The molecule has 0 aliphatic heterocycles. The quantitative estimate of drug-likeness (QED) is 0.459. The molecule has 0 aliphatic carbocycles. The van der Waals surface area contributed by atoms with Gasteiger partial charge in [-0.1, -0.05) is 47.3 Å². The predicted octanol–water partition coefficient (Wildman–Crippen LogP) is 3.57. The molecule has 1 amide bonds. The second-order valence-corrected chi connectivity index (χ2v) is 6.71. The highest BCUT2D eigenvalue weighted by molar-refractivity contribution is 7.99. The van der Waals surface area contributed by atoms with Crippen molar-refractivity contribution in [3.05, 3.63) is 71.6 Å². The molecule has 0 radical (unpaired) electrons. The van der Waals surface area contributed by atoms with Crippen molar-refractivity contribution >= 4 is 29.3 Å². The third-order valence-corrected chi connectivity index (χ3v) is 4.49. The number of hydrogen-bond acceptors (Lipinski definition) is 7. The molecule has 3 rings (SSSR count). The van der Waals surface area contributed by atoms with Gasteiger partial charge in [-0.2, -0.15) is 4.98 Å². The van der Waals surface area contributed by atoms with Crippen LogP contribution in [0.5, 0.6) is 0 Å². The molecule has 0 fully saturated rings. The van der Waals surface area contributed by atoms with Crippen LogP contribution >= 0.6 is 11.8 Å². The largest absolute Gasteiger partial charge is 0.462 e. The predicted molar refractivity (Wildman–Crippen MR) is 105 cm³/mol. The first kappa shape index (κ1) is 19.6. The SMILES string of the molecule is CCOC(=O)c1ccc(NC(=O)CSc2noc(Cc3ccccc3)n2)cc1. The summed E-state index contributed by atoms with van der Waals surface area (Å²) in [6, 6.07) is 16.3. The number of carbonyl (C=O) groups is 2. The van der Waals surface area contributed by atoms with Gasteiger partial charge in [0.25, 0.3) is 0 Å². The van der Waals surface area contributed by atoms with E-state index in [0.29, 0.717) is 35.3 Å². The molecule has 0 atom stereocenters. The first-order chi connectivity index (χ1) is 13.6.